The Hall–Kier alpha value is -3.35. The minimum absolute atomic E-state index is 0.0237. The molecule has 0 saturated carbocycles. The standard InChI is InChI=1S/C24H27N3O4/c28-22(11-6-18-4-2-1-3-5-18)25-20-12-14-26(15-13-20)23(29)19-7-9-21(10-8-19)27-16-17-31-24(27)30/h1-5,7-10,20H,6,11-17H2,(H,25,28). The van der Waals surface area contributed by atoms with Crippen LogP contribution < -0.4 is 10.2 Å². The van der Waals surface area contributed by atoms with Crippen molar-refractivity contribution < 1.29 is 19.1 Å². The Morgan fingerprint density at radius 2 is 1.68 bits per heavy atom. The number of aryl methyl sites for hydroxylation is 1. The molecule has 2 saturated heterocycles. The molecule has 0 aliphatic carbocycles. The first-order valence-electron chi connectivity index (χ1n) is 10.8. The number of piperidine rings is 1. The molecule has 4 rings (SSSR count). The Bertz CT molecular complexity index is 922. The van der Waals surface area contributed by atoms with Crippen LogP contribution in [0.3, 0.4) is 0 Å². The van der Waals surface area contributed by atoms with Crippen LogP contribution in [-0.2, 0) is 16.0 Å². The summed E-state index contributed by atoms with van der Waals surface area (Å²) in [7, 11) is 0. The van der Waals surface area contributed by atoms with Crippen molar-refractivity contribution in [2.75, 3.05) is 31.1 Å². The monoisotopic (exact) mass is 421 g/mol. The highest BCUT2D eigenvalue weighted by Crippen LogP contribution is 2.21. The summed E-state index contributed by atoms with van der Waals surface area (Å²) in [5, 5.41) is 3.11. The van der Waals surface area contributed by atoms with Gasteiger partial charge in [-0.2, -0.15) is 0 Å². The largest absolute Gasteiger partial charge is 0.447 e. The molecular weight excluding hydrogens is 394 g/mol. The Labute approximate surface area is 182 Å². The topological polar surface area (TPSA) is 79.0 Å². The summed E-state index contributed by atoms with van der Waals surface area (Å²) >= 11 is 0. The SMILES string of the molecule is O=C(CCc1ccccc1)NC1CCN(C(=O)c2ccc(N3CCOC3=O)cc2)CC1. The lowest BCUT2D eigenvalue weighted by Gasteiger charge is -2.32. The number of hydrogen-bond donors (Lipinski definition) is 1. The third-order valence-corrected chi connectivity index (χ3v) is 5.82. The number of amides is 3. The van der Waals surface area contributed by atoms with Gasteiger partial charge < -0.3 is 15.0 Å². The van der Waals surface area contributed by atoms with Crippen molar-refractivity contribution in [1.29, 1.82) is 0 Å². The fourth-order valence-corrected chi connectivity index (χ4v) is 4.02. The van der Waals surface area contributed by atoms with Crippen LogP contribution >= 0.6 is 0 Å². The number of hydrogen-bond acceptors (Lipinski definition) is 4. The lowest BCUT2D eigenvalue weighted by atomic mass is 10.0. The number of benzene rings is 2. The van der Waals surface area contributed by atoms with Crippen LogP contribution in [0.2, 0.25) is 0 Å². The minimum Gasteiger partial charge on any atom is -0.447 e. The Balaban J connectivity index is 1.23. The molecule has 2 aliphatic heterocycles. The summed E-state index contributed by atoms with van der Waals surface area (Å²) in [6.07, 6.45) is 2.35. The zero-order valence-corrected chi connectivity index (χ0v) is 17.5. The summed E-state index contributed by atoms with van der Waals surface area (Å²) in [4.78, 5) is 40.1. The van der Waals surface area contributed by atoms with E-state index in [1.54, 1.807) is 29.2 Å². The van der Waals surface area contributed by atoms with E-state index in [-0.39, 0.29) is 23.9 Å². The van der Waals surface area contributed by atoms with E-state index in [2.05, 4.69) is 5.32 Å². The van der Waals surface area contributed by atoms with Gasteiger partial charge in [-0.05, 0) is 49.1 Å². The predicted molar refractivity (Wildman–Crippen MR) is 117 cm³/mol. The fourth-order valence-electron chi connectivity index (χ4n) is 4.02. The second-order valence-electron chi connectivity index (χ2n) is 7.93. The van der Waals surface area contributed by atoms with Gasteiger partial charge in [0, 0.05) is 36.8 Å². The number of anilines is 1. The number of cyclic esters (lactones) is 1. The number of carbonyl (C=O) groups excluding carboxylic acids is 3. The maximum Gasteiger partial charge on any atom is 0.414 e. The van der Waals surface area contributed by atoms with E-state index in [4.69, 9.17) is 4.74 Å². The number of nitrogens with one attached hydrogen (secondary N) is 1. The molecule has 0 spiro atoms. The molecule has 2 aromatic rings. The van der Waals surface area contributed by atoms with Gasteiger partial charge in [-0.25, -0.2) is 4.79 Å². The summed E-state index contributed by atoms with van der Waals surface area (Å²) in [6, 6.07) is 17.1. The first-order chi connectivity index (χ1) is 15.1. The molecule has 3 amide bonds. The average molecular weight is 421 g/mol. The van der Waals surface area contributed by atoms with Crippen molar-refractivity contribution in [3.63, 3.8) is 0 Å². The molecule has 2 aromatic carbocycles. The van der Waals surface area contributed by atoms with Crippen LogP contribution in [0.1, 0.15) is 35.2 Å². The van der Waals surface area contributed by atoms with Crippen molar-refractivity contribution in [2.45, 2.75) is 31.7 Å². The van der Waals surface area contributed by atoms with Crippen LogP contribution in [0.15, 0.2) is 54.6 Å². The first-order valence-corrected chi connectivity index (χ1v) is 10.8. The highest BCUT2D eigenvalue weighted by molar-refractivity contribution is 5.95. The van der Waals surface area contributed by atoms with Gasteiger partial charge in [0.15, 0.2) is 0 Å². The number of rotatable bonds is 6. The summed E-state index contributed by atoms with van der Waals surface area (Å²) < 4.78 is 4.95. The van der Waals surface area contributed by atoms with E-state index in [0.717, 1.165) is 30.5 Å². The molecule has 0 atom stereocenters. The third-order valence-electron chi connectivity index (χ3n) is 5.82. The lowest BCUT2D eigenvalue weighted by molar-refractivity contribution is -0.122. The molecule has 2 heterocycles. The summed E-state index contributed by atoms with van der Waals surface area (Å²) in [6.45, 7) is 2.14. The molecule has 0 bridgehead atoms. The maximum absolute atomic E-state index is 12.8. The highest BCUT2D eigenvalue weighted by atomic mass is 16.6. The summed E-state index contributed by atoms with van der Waals surface area (Å²) in [5.41, 5.74) is 2.49. The highest BCUT2D eigenvalue weighted by Gasteiger charge is 2.26. The molecule has 162 valence electrons. The molecule has 2 fully saturated rings. The Morgan fingerprint density at radius 1 is 0.968 bits per heavy atom. The van der Waals surface area contributed by atoms with Gasteiger partial charge in [0.25, 0.3) is 5.91 Å². The van der Waals surface area contributed by atoms with E-state index in [9.17, 15) is 14.4 Å². The van der Waals surface area contributed by atoms with Crippen LogP contribution in [0.4, 0.5) is 10.5 Å². The normalized spacial score (nSPS) is 16.8. The second-order valence-corrected chi connectivity index (χ2v) is 7.93. The van der Waals surface area contributed by atoms with Crippen LogP contribution in [0, 0.1) is 0 Å². The summed E-state index contributed by atoms with van der Waals surface area (Å²) in [5.74, 6) is 0.0362. The zero-order valence-electron chi connectivity index (χ0n) is 17.5. The van der Waals surface area contributed by atoms with Gasteiger partial charge in [0.1, 0.15) is 6.61 Å². The van der Waals surface area contributed by atoms with E-state index < -0.39 is 0 Å². The van der Waals surface area contributed by atoms with Crippen molar-refractivity contribution >= 4 is 23.6 Å². The Kier molecular flexibility index (Phi) is 6.50. The van der Waals surface area contributed by atoms with Gasteiger partial charge in [-0.15, -0.1) is 0 Å². The van der Waals surface area contributed by atoms with E-state index in [1.165, 1.54) is 0 Å². The quantitative estimate of drug-likeness (QED) is 0.778. The van der Waals surface area contributed by atoms with E-state index in [0.29, 0.717) is 38.2 Å². The van der Waals surface area contributed by atoms with Crippen molar-refractivity contribution in [2.24, 2.45) is 0 Å². The molecule has 1 N–H and O–H groups in total. The fraction of sp³-hybridized carbons (Fsp3) is 0.375. The van der Waals surface area contributed by atoms with Crippen LogP contribution in [-0.4, -0.2) is 55.1 Å². The van der Waals surface area contributed by atoms with Gasteiger partial charge in [0.05, 0.1) is 6.54 Å². The first kappa shape index (κ1) is 20.9. The smallest absolute Gasteiger partial charge is 0.414 e. The van der Waals surface area contributed by atoms with Gasteiger partial charge in [0.2, 0.25) is 5.91 Å². The van der Waals surface area contributed by atoms with Crippen molar-refractivity contribution in [3.8, 4) is 0 Å². The van der Waals surface area contributed by atoms with Crippen LogP contribution in [0.25, 0.3) is 0 Å². The lowest BCUT2D eigenvalue weighted by Crippen LogP contribution is -2.46. The van der Waals surface area contributed by atoms with Crippen molar-refractivity contribution in [1.82, 2.24) is 10.2 Å². The molecule has 0 radical (unpaired) electrons. The molecule has 0 unspecified atom stereocenters. The van der Waals surface area contributed by atoms with E-state index >= 15 is 0 Å². The average Bonchev–Trinajstić information content (AvgIpc) is 3.24. The maximum atomic E-state index is 12.8. The van der Waals surface area contributed by atoms with Gasteiger partial charge in [-0.1, -0.05) is 30.3 Å². The molecule has 2 aliphatic rings. The minimum atomic E-state index is -0.355. The van der Waals surface area contributed by atoms with Gasteiger partial charge in [-0.3, -0.25) is 14.5 Å². The van der Waals surface area contributed by atoms with Crippen LogP contribution in [0.5, 0.6) is 0 Å². The number of likely N-dealkylation sites (tertiary alicyclic amines) is 1. The Morgan fingerprint density at radius 3 is 2.32 bits per heavy atom. The second kappa shape index (κ2) is 9.64. The molecule has 7 nitrogen and oxygen atoms in total. The zero-order chi connectivity index (χ0) is 21.6. The number of nitrogens with zero attached hydrogens (tertiary/aromatic N) is 2. The third kappa shape index (κ3) is 5.23. The molecule has 7 heteroatoms. The predicted octanol–water partition coefficient (Wildman–Crippen LogP) is 3.00. The number of ether oxygens (including phenoxy) is 1. The molecule has 0 aromatic heterocycles. The van der Waals surface area contributed by atoms with Gasteiger partial charge >= 0.3 is 6.09 Å². The van der Waals surface area contributed by atoms with Crippen molar-refractivity contribution in [3.05, 3.63) is 65.7 Å². The molecule has 31 heavy (non-hydrogen) atoms. The molecular formula is C24H27N3O4. The van der Waals surface area contributed by atoms with E-state index in [1.807, 2.05) is 35.2 Å². The number of carbonyl (C=O) groups is 3.